The lowest BCUT2D eigenvalue weighted by Crippen LogP contribution is -2.28. The first kappa shape index (κ1) is 37.9. The van der Waals surface area contributed by atoms with Crippen LogP contribution in [-0.2, 0) is 5.41 Å². The first-order chi connectivity index (χ1) is 29.5. The van der Waals surface area contributed by atoms with Gasteiger partial charge in [-0.3, -0.25) is 0 Å². The van der Waals surface area contributed by atoms with Gasteiger partial charge in [-0.05, 0) is 131 Å². The zero-order chi connectivity index (χ0) is 41.2. The van der Waals surface area contributed by atoms with Gasteiger partial charge in [0, 0.05) is 28.4 Å². The first-order valence-corrected chi connectivity index (χ1v) is 20.5. The Kier molecular flexibility index (Phi) is 10.1. The van der Waals surface area contributed by atoms with Crippen molar-refractivity contribution in [2.75, 3.05) is 9.80 Å². The predicted molar refractivity (Wildman–Crippen MR) is 255 cm³/mol. The van der Waals surface area contributed by atoms with Crippen LogP contribution in [0.15, 0.2) is 212 Å². The highest BCUT2D eigenvalue weighted by molar-refractivity contribution is 5.93. The van der Waals surface area contributed by atoms with Crippen LogP contribution in [0.3, 0.4) is 0 Å². The fourth-order valence-corrected chi connectivity index (χ4v) is 9.13. The summed E-state index contributed by atoms with van der Waals surface area (Å²) >= 11 is 0. The molecule has 2 nitrogen and oxygen atoms in total. The molecule has 0 aliphatic heterocycles. The van der Waals surface area contributed by atoms with E-state index in [1.165, 1.54) is 60.8 Å². The molecule has 0 spiro atoms. The molecule has 0 saturated heterocycles. The van der Waals surface area contributed by atoms with Gasteiger partial charge in [0.2, 0.25) is 0 Å². The van der Waals surface area contributed by atoms with Crippen molar-refractivity contribution in [2.24, 2.45) is 0 Å². The molecule has 9 aromatic rings. The Morgan fingerprint density at radius 1 is 0.350 bits per heavy atom. The van der Waals surface area contributed by atoms with Crippen molar-refractivity contribution >= 4 is 44.9 Å². The monoisotopic (exact) mass is 770 g/mol. The van der Waals surface area contributed by atoms with Crippen molar-refractivity contribution in [3.8, 4) is 24.0 Å². The van der Waals surface area contributed by atoms with Gasteiger partial charge in [0.15, 0.2) is 0 Å². The highest BCUT2D eigenvalue weighted by atomic mass is 15.2. The van der Waals surface area contributed by atoms with Gasteiger partial charge < -0.3 is 9.80 Å². The maximum absolute atomic E-state index is 4.00. The standard InChI is InChI=1S/C56H44N2.C2H2/c1-39-22-28-44(29-23-39)56(45-30-24-40(2)25-31-45)53-21-13-12-20-51(53)52-37-49(34-35-54(52)56)57(48-33-27-42-14-10-11-15-43(42)36-48)50-32-26-41(3)55(38-50)58(46-16-6-4-7-17-46)47-18-8-5-9-19-47;1-2/h4-38H,1-3H3;1-2H. The topological polar surface area (TPSA) is 6.48 Å². The molecular weight excluding hydrogens is 725 g/mol. The van der Waals surface area contributed by atoms with E-state index >= 15 is 0 Å². The van der Waals surface area contributed by atoms with Crippen molar-refractivity contribution in [2.45, 2.75) is 26.2 Å². The smallest absolute Gasteiger partial charge is 0.0713 e. The van der Waals surface area contributed by atoms with E-state index < -0.39 is 5.41 Å². The van der Waals surface area contributed by atoms with E-state index in [-0.39, 0.29) is 0 Å². The average molecular weight is 771 g/mol. The van der Waals surface area contributed by atoms with Crippen molar-refractivity contribution in [1.29, 1.82) is 0 Å². The zero-order valence-corrected chi connectivity index (χ0v) is 34.3. The first-order valence-electron chi connectivity index (χ1n) is 20.5. The van der Waals surface area contributed by atoms with E-state index in [1.54, 1.807) is 0 Å². The van der Waals surface area contributed by atoms with E-state index in [9.17, 15) is 0 Å². The van der Waals surface area contributed by atoms with Crippen LogP contribution in [0.1, 0.15) is 38.9 Å². The van der Waals surface area contributed by atoms with Gasteiger partial charge in [-0.2, -0.15) is 0 Å². The van der Waals surface area contributed by atoms with Gasteiger partial charge >= 0.3 is 0 Å². The summed E-state index contributed by atoms with van der Waals surface area (Å²) in [5.41, 5.74) is 17.6. The maximum Gasteiger partial charge on any atom is 0.0713 e. The molecule has 0 bridgehead atoms. The number of aryl methyl sites for hydroxylation is 3. The second-order valence-electron chi connectivity index (χ2n) is 15.6. The van der Waals surface area contributed by atoms with Crippen LogP contribution in [0, 0.1) is 33.6 Å². The lowest BCUT2D eigenvalue weighted by Gasteiger charge is -2.34. The van der Waals surface area contributed by atoms with Gasteiger partial charge in [-0.1, -0.05) is 163 Å². The molecule has 0 atom stereocenters. The third-order valence-corrected chi connectivity index (χ3v) is 12.0. The average Bonchev–Trinajstić information content (AvgIpc) is 3.60. The molecule has 1 aliphatic rings. The summed E-state index contributed by atoms with van der Waals surface area (Å²) in [4.78, 5) is 4.80. The normalized spacial score (nSPS) is 12.2. The lowest BCUT2D eigenvalue weighted by molar-refractivity contribution is 0.767. The number of para-hydroxylation sites is 2. The van der Waals surface area contributed by atoms with Crippen LogP contribution in [0.4, 0.5) is 34.1 Å². The Labute approximate surface area is 354 Å². The Hall–Kier alpha value is -7.60. The summed E-state index contributed by atoms with van der Waals surface area (Å²) in [6, 6.07) is 78.2. The highest BCUT2D eigenvalue weighted by Crippen LogP contribution is 2.57. The molecular formula is C58H46N2. The summed E-state index contributed by atoms with van der Waals surface area (Å²) < 4.78 is 0. The molecule has 10 rings (SSSR count). The molecule has 0 fully saturated rings. The summed E-state index contributed by atoms with van der Waals surface area (Å²) in [6.45, 7) is 6.55. The summed E-state index contributed by atoms with van der Waals surface area (Å²) in [7, 11) is 0. The molecule has 0 unspecified atom stereocenters. The van der Waals surface area contributed by atoms with Crippen LogP contribution in [-0.4, -0.2) is 0 Å². The second-order valence-corrected chi connectivity index (χ2v) is 15.6. The Morgan fingerprint density at radius 2 is 0.833 bits per heavy atom. The lowest BCUT2D eigenvalue weighted by atomic mass is 9.67. The van der Waals surface area contributed by atoms with Crippen molar-refractivity contribution in [1.82, 2.24) is 0 Å². The number of hydrogen-bond donors (Lipinski definition) is 0. The summed E-state index contributed by atoms with van der Waals surface area (Å²) in [5, 5.41) is 2.43. The molecule has 0 heterocycles. The number of terminal acetylenes is 1. The van der Waals surface area contributed by atoms with Crippen molar-refractivity contribution in [3.05, 3.63) is 251 Å². The van der Waals surface area contributed by atoms with Gasteiger partial charge in [-0.15, -0.1) is 12.8 Å². The van der Waals surface area contributed by atoms with E-state index in [0.29, 0.717) is 0 Å². The number of hydrogen-bond acceptors (Lipinski definition) is 2. The van der Waals surface area contributed by atoms with Gasteiger partial charge in [-0.25, -0.2) is 0 Å². The summed E-state index contributed by atoms with van der Waals surface area (Å²) in [5.74, 6) is 0. The maximum atomic E-state index is 4.00. The predicted octanol–water partition coefficient (Wildman–Crippen LogP) is 15.3. The van der Waals surface area contributed by atoms with E-state index in [0.717, 1.165) is 34.1 Å². The van der Waals surface area contributed by atoms with Crippen molar-refractivity contribution in [3.63, 3.8) is 0 Å². The van der Waals surface area contributed by atoms with Crippen LogP contribution in [0.25, 0.3) is 21.9 Å². The van der Waals surface area contributed by atoms with E-state index in [1.807, 2.05) is 0 Å². The molecule has 288 valence electrons. The van der Waals surface area contributed by atoms with Gasteiger partial charge in [0.25, 0.3) is 0 Å². The Balaban J connectivity index is 0.00000228. The SMILES string of the molecule is C#C.Cc1ccc(C2(c3ccc(C)cc3)c3ccccc3-c3cc(N(c4ccc(C)c(N(c5ccccc5)c5ccccc5)c4)c4ccc5ccccc5c4)ccc32)cc1. The third-order valence-electron chi connectivity index (χ3n) is 12.0. The third kappa shape index (κ3) is 6.51. The molecule has 0 aromatic heterocycles. The number of anilines is 6. The second kappa shape index (κ2) is 16.0. The molecule has 0 N–H and O–H groups in total. The minimum atomic E-state index is -0.470. The fraction of sp³-hybridized carbons (Fsp3) is 0.0690. The summed E-state index contributed by atoms with van der Waals surface area (Å²) in [6.07, 6.45) is 8.00. The largest absolute Gasteiger partial charge is 0.310 e. The molecule has 1 aliphatic carbocycles. The van der Waals surface area contributed by atoms with Crippen LogP contribution < -0.4 is 9.80 Å². The number of fused-ring (bicyclic) bond motifs is 4. The zero-order valence-electron chi connectivity index (χ0n) is 34.3. The number of rotatable bonds is 8. The van der Waals surface area contributed by atoms with Gasteiger partial charge in [0.05, 0.1) is 11.1 Å². The molecule has 2 heteroatoms. The molecule has 0 radical (unpaired) electrons. The number of nitrogens with zero attached hydrogens (tertiary/aromatic N) is 2. The van der Waals surface area contributed by atoms with Crippen LogP contribution in [0.5, 0.6) is 0 Å². The molecule has 9 aromatic carbocycles. The Morgan fingerprint density at radius 3 is 1.47 bits per heavy atom. The fourth-order valence-electron chi connectivity index (χ4n) is 9.13. The minimum Gasteiger partial charge on any atom is -0.310 e. The minimum absolute atomic E-state index is 0.470. The molecule has 60 heavy (non-hydrogen) atoms. The van der Waals surface area contributed by atoms with E-state index in [4.69, 9.17) is 0 Å². The van der Waals surface area contributed by atoms with Crippen LogP contribution >= 0.6 is 0 Å². The van der Waals surface area contributed by atoms with Gasteiger partial charge in [0.1, 0.15) is 0 Å². The Bertz CT molecular complexity index is 2880. The van der Waals surface area contributed by atoms with Crippen LogP contribution in [0.2, 0.25) is 0 Å². The van der Waals surface area contributed by atoms with Crippen molar-refractivity contribution < 1.29 is 0 Å². The molecule has 0 saturated carbocycles. The highest BCUT2D eigenvalue weighted by Gasteiger charge is 2.46. The molecule has 0 amide bonds. The quantitative estimate of drug-likeness (QED) is 0.142. The number of benzene rings is 9. The van der Waals surface area contributed by atoms with E-state index in [2.05, 4.69) is 256 Å².